The van der Waals surface area contributed by atoms with E-state index < -0.39 is 17.9 Å². The third-order valence-electron chi connectivity index (χ3n) is 6.80. The molecule has 1 unspecified atom stereocenters. The largest absolute Gasteiger partial charge is 0.340 e. The Hall–Kier alpha value is -2.94. The lowest BCUT2D eigenvalue weighted by molar-refractivity contribution is -0.132. The van der Waals surface area contributed by atoms with Crippen molar-refractivity contribution in [2.45, 2.75) is 25.8 Å². The van der Waals surface area contributed by atoms with E-state index in [2.05, 4.69) is 38.4 Å². The molecule has 0 spiro atoms. The molecule has 9 heteroatoms. The third-order valence-corrected chi connectivity index (χ3v) is 7.87. The Morgan fingerprint density at radius 1 is 1.00 bits per heavy atom. The molecule has 1 atom stereocenters. The van der Waals surface area contributed by atoms with Crippen LogP contribution in [0.5, 0.6) is 0 Å². The molecule has 1 heterocycles. The van der Waals surface area contributed by atoms with E-state index >= 15 is 0 Å². The summed E-state index contributed by atoms with van der Waals surface area (Å²) in [6.07, 6.45) is 0.501. The number of hydrogen-bond acceptors (Lipinski definition) is 3. The summed E-state index contributed by atoms with van der Waals surface area (Å²) in [4.78, 5) is 29.9. The Kier molecular flexibility index (Phi) is 9.77. The van der Waals surface area contributed by atoms with Gasteiger partial charge in [-0.15, -0.1) is 0 Å². The highest BCUT2D eigenvalue weighted by molar-refractivity contribution is 9.10. The van der Waals surface area contributed by atoms with E-state index in [4.69, 9.17) is 11.6 Å². The second-order valence-corrected chi connectivity index (χ2v) is 10.5. The molecule has 38 heavy (non-hydrogen) atoms. The molecule has 200 valence electrons. The Bertz CT molecular complexity index is 1250. The number of likely N-dealkylation sites (N-methyl/N-ethyl adjacent to an activating group) is 1. The maximum Gasteiger partial charge on any atom is 0.319 e. The van der Waals surface area contributed by atoms with E-state index in [-0.39, 0.29) is 12.3 Å². The normalized spacial score (nSPS) is 14.7. The van der Waals surface area contributed by atoms with Gasteiger partial charge in [0, 0.05) is 53.3 Å². The second kappa shape index (κ2) is 13.2. The van der Waals surface area contributed by atoms with Crippen LogP contribution in [0.4, 0.5) is 14.9 Å². The number of carbonyl (C=O) groups excluding carboxylic acids is 2. The van der Waals surface area contributed by atoms with E-state index in [1.165, 1.54) is 6.07 Å². The number of urea groups is 1. The van der Waals surface area contributed by atoms with Crippen molar-refractivity contribution in [2.75, 3.05) is 38.0 Å². The maximum atomic E-state index is 14.5. The zero-order chi connectivity index (χ0) is 27.1. The minimum absolute atomic E-state index is 0.113. The summed E-state index contributed by atoms with van der Waals surface area (Å²) in [7, 11) is 0. The zero-order valence-corrected chi connectivity index (χ0v) is 23.6. The predicted octanol–water partition coefficient (Wildman–Crippen LogP) is 6.05. The minimum atomic E-state index is -0.537. The lowest BCUT2D eigenvalue weighted by Gasteiger charge is -2.34. The first-order chi connectivity index (χ1) is 18.3. The van der Waals surface area contributed by atoms with Gasteiger partial charge in [0.15, 0.2) is 0 Å². The van der Waals surface area contributed by atoms with Crippen LogP contribution in [0, 0.1) is 5.82 Å². The van der Waals surface area contributed by atoms with Gasteiger partial charge >= 0.3 is 6.03 Å². The summed E-state index contributed by atoms with van der Waals surface area (Å²) in [5.74, 6) is -0.309. The summed E-state index contributed by atoms with van der Waals surface area (Å²) in [5.41, 5.74) is 2.61. The Labute approximate surface area is 236 Å². The van der Waals surface area contributed by atoms with Gasteiger partial charge in [0.25, 0.3) is 0 Å². The van der Waals surface area contributed by atoms with Crippen LogP contribution in [-0.2, 0) is 17.6 Å². The second-order valence-electron chi connectivity index (χ2n) is 9.27. The first-order valence-electron chi connectivity index (χ1n) is 12.7. The van der Waals surface area contributed by atoms with E-state index in [0.717, 1.165) is 48.3 Å². The minimum Gasteiger partial charge on any atom is -0.340 e. The van der Waals surface area contributed by atoms with Crippen LogP contribution in [0.3, 0.4) is 0 Å². The highest BCUT2D eigenvalue weighted by Gasteiger charge is 2.22. The van der Waals surface area contributed by atoms with Gasteiger partial charge in [0.1, 0.15) is 5.82 Å². The van der Waals surface area contributed by atoms with E-state index in [1.54, 1.807) is 24.3 Å². The molecule has 3 amide bonds. The smallest absolute Gasteiger partial charge is 0.319 e. The van der Waals surface area contributed by atoms with Crippen LogP contribution < -0.4 is 10.6 Å². The van der Waals surface area contributed by atoms with E-state index in [9.17, 15) is 14.0 Å². The molecule has 0 bridgehead atoms. The highest BCUT2D eigenvalue weighted by atomic mass is 79.9. The number of nitrogens with one attached hydrogen (secondary N) is 2. The van der Waals surface area contributed by atoms with Gasteiger partial charge in [-0.2, -0.15) is 0 Å². The van der Waals surface area contributed by atoms with Gasteiger partial charge < -0.3 is 20.4 Å². The molecule has 0 aliphatic carbocycles. The number of piperazine rings is 1. The molecular weight excluding hydrogens is 571 g/mol. The quantitative estimate of drug-likeness (QED) is 0.330. The van der Waals surface area contributed by atoms with Crippen LogP contribution in [-0.4, -0.2) is 54.5 Å². The van der Waals surface area contributed by atoms with Gasteiger partial charge in [-0.05, 0) is 48.0 Å². The summed E-state index contributed by atoms with van der Waals surface area (Å²) < 4.78 is 15.3. The Morgan fingerprint density at radius 3 is 2.37 bits per heavy atom. The SMILES string of the molecule is CCN1CCN(C(=O)Cc2ccc(NC(=O)NC(Cc3c(F)cccc3Cl)c3ccccc3Br)cc2)CC1. The lowest BCUT2D eigenvalue weighted by Crippen LogP contribution is -2.48. The fourth-order valence-corrected chi connectivity index (χ4v) is 5.36. The van der Waals surface area contributed by atoms with Gasteiger partial charge in [-0.25, -0.2) is 9.18 Å². The average Bonchev–Trinajstić information content (AvgIpc) is 2.91. The van der Waals surface area contributed by atoms with Crippen LogP contribution in [0.2, 0.25) is 5.02 Å². The van der Waals surface area contributed by atoms with Crippen molar-refractivity contribution in [2.24, 2.45) is 0 Å². The predicted molar refractivity (Wildman–Crippen MR) is 153 cm³/mol. The van der Waals surface area contributed by atoms with E-state index in [1.807, 2.05) is 41.3 Å². The highest BCUT2D eigenvalue weighted by Crippen LogP contribution is 2.30. The first kappa shape index (κ1) is 28.1. The molecule has 1 aliphatic rings. The number of rotatable bonds is 8. The van der Waals surface area contributed by atoms with Crippen LogP contribution in [0.15, 0.2) is 71.2 Å². The van der Waals surface area contributed by atoms with Gasteiger partial charge in [-0.3, -0.25) is 4.79 Å². The number of halogens is 3. The molecule has 0 aromatic heterocycles. The van der Waals surface area contributed by atoms with Crippen LogP contribution in [0.1, 0.15) is 29.7 Å². The van der Waals surface area contributed by atoms with Gasteiger partial charge in [-0.1, -0.05) is 70.9 Å². The maximum absolute atomic E-state index is 14.5. The summed E-state index contributed by atoms with van der Waals surface area (Å²) >= 11 is 9.81. The standard InChI is InChI=1S/C29H31BrClFN4O2/c1-2-35-14-16-36(17-15-35)28(37)18-20-10-12-21(13-11-20)33-29(38)34-27(22-6-3-4-7-24(22)30)19-23-25(31)8-5-9-26(23)32/h3-13,27H,2,14-19H2,1H3,(H2,33,34,38). The number of amides is 3. The van der Waals surface area contributed by atoms with Crippen LogP contribution in [0.25, 0.3) is 0 Å². The van der Waals surface area contributed by atoms with Gasteiger partial charge in [0.05, 0.1) is 12.5 Å². The molecule has 1 aliphatic heterocycles. The number of carbonyl (C=O) groups is 2. The Morgan fingerprint density at radius 2 is 1.71 bits per heavy atom. The molecule has 4 rings (SSSR count). The van der Waals surface area contributed by atoms with E-state index in [0.29, 0.717) is 22.7 Å². The topological polar surface area (TPSA) is 64.7 Å². The van der Waals surface area contributed by atoms with Crippen molar-refractivity contribution in [3.63, 3.8) is 0 Å². The molecule has 1 fully saturated rings. The zero-order valence-electron chi connectivity index (χ0n) is 21.2. The fourth-order valence-electron chi connectivity index (χ4n) is 4.56. The first-order valence-corrected chi connectivity index (χ1v) is 13.8. The third kappa shape index (κ3) is 7.34. The van der Waals surface area contributed by atoms with Crippen molar-refractivity contribution < 1.29 is 14.0 Å². The number of hydrogen-bond donors (Lipinski definition) is 2. The molecule has 0 saturated carbocycles. The van der Waals surface area contributed by atoms with Crippen molar-refractivity contribution >= 4 is 45.2 Å². The average molecular weight is 602 g/mol. The Balaban J connectivity index is 1.39. The monoisotopic (exact) mass is 600 g/mol. The molecular formula is C29H31BrClFN4O2. The lowest BCUT2D eigenvalue weighted by atomic mass is 9.98. The van der Waals surface area contributed by atoms with Crippen molar-refractivity contribution in [3.05, 3.63) is 98.7 Å². The number of benzene rings is 3. The van der Waals surface area contributed by atoms with Crippen molar-refractivity contribution in [1.82, 2.24) is 15.1 Å². The molecule has 0 radical (unpaired) electrons. The molecule has 2 N–H and O–H groups in total. The molecule has 3 aromatic carbocycles. The summed E-state index contributed by atoms with van der Waals surface area (Å²) in [6, 6.07) is 18.3. The summed E-state index contributed by atoms with van der Waals surface area (Å²) in [5, 5.41) is 6.10. The molecule has 3 aromatic rings. The van der Waals surface area contributed by atoms with Crippen molar-refractivity contribution in [3.8, 4) is 0 Å². The molecule has 6 nitrogen and oxygen atoms in total. The van der Waals surface area contributed by atoms with Crippen molar-refractivity contribution in [1.29, 1.82) is 0 Å². The summed E-state index contributed by atoms with van der Waals surface area (Å²) in [6.45, 7) is 6.46. The van der Waals surface area contributed by atoms with Gasteiger partial charge in [0.2, 0.25) is 5.91 Å². The molecule has 1 saturated heterocycles. The number of anilines is 1. The number of nitrogens with zero attached hydrogens (tertiary/aromatic N) is 2. The van der Waals surface area contributed by atoms with Crippen LogP contribution >= 0.6 is 27.5 Å². The fraction of sp³-hybridized carbons (Fsp3) is 0.310.